The number of rotatable bonds is 6. The van der Waals surface area contributed by atoms with Crippen LogP contribution in [0.1, 0.15) is 13.8 Å². The highest BCUT2D eigenvalue weighted by Crippen LogP contribution is 2.32. The molecule has 0 saturated heterocycles. The van der Waals surface area contributed by atoms with Gasteiger partial charge in [-0.05, 0) is 24.8 Å². The van der Waals surface area contributed by atoms with Crippen LogP contribution in [0.3, 0.4) is 0 Å². The molecule has 1 amide bonds. The molecule has 0 aliphatic heterocycles. The zero-order valence-corrected chi connectivity index (χ0v) is 15.7. The number of aromatic nitrogens is 3. The summed E-state index contributed by atoms with van der Waals surface area (Å²) < 4.78 is 2.90. The molecule has 120 valence electrons. The molecule has 0 fully saturated rings. The van der Waals surface area contributed by atoms with Crippen LogP contribution < -0.4 is 5.32 Å². The van der Waals surface area contributed by atoms with Crippen molar-refractivity contribution < 1.29 is 4.79 Å². The second kappa shape index (κ2) is 7.61. The number of anilines is 1. The quantitative estimate of drug-likeness (QED) is 0.504. The van der Waals surface area contributed by atoms with Crippen molar-refractivity contribution in [2.75, 3.05) is 11.1 Å². The summed E-state index contributed by atoms with van der Waals surface area (Å²) in [5, 5.41) is 11.1. The van der Waals surface area contributed by atoms with Gasteiger partial charge in [0.2, 0.25) is 11.0 Å². The lowest BCUT2D eigenvalue weighted by atomic mass is 10.3. The van der Waals surface area contributed by atoms with Crippen LogP contribution in [-0.2, 0) is 4.79 Å². The van der Waals surface area contributed by atoms with Gasteiger partial charge in [-0.2, -0.15) is 0 Å². The maximum atomic E-state index is 12.3. The van der Waals surface area contributed by atoms with Crippen LogP contribution in [0.4, 0.5) is 5.13 Å². The Morgan fingerprint density at radius 1 is 1.26 bits per heavy atom. The molecular weight excluding hydrogens is 368 g/mol. The Kier molecular flexibility index (Phi) is 5.52. The Bertz CT molecular complexity index is 783. The number of thiazole rings is 1. The molecule has 2 heterocycles. The topological polar surface area (TPSA) is 67.8 Å². The molecule has 1 atom stereocenters. The second-order valence-electron chi connectivity index (χ2n) is 4.50. The first-order valence-corrected chi connectivity index (χ1v) is 10.4. The van der Waals surface area contributed by atoms with Crippen LogP contribution in [-0.4, -0.2) is 32.1 Å². The molecule has 1 unspecified atom stereocenters. The first-order valence-electron chi connectivity index (χ1n) is 6.95. The molecule has 0 radical (unpaired) electrons. The number of thioether (sulfide) groups is 2. The van der Waals surface area contributed by atoms with Crippen molar-refractivity contribution in [3.05, 3.63) is 24.3 Å². The van der Waals surface area contributed by atoms with Crippen LogP contribution in [0.25, 0.3) is 10.2 Å². The second-order valence-corrected chi connectivity index (χ2v) is 9.61. The van der Waals surface area contributed by atoms with Crippen molar-refractivity contribution in [3.8, 4) is 0 Å². The number of nitrogens with one attached hydrogen (secondary N) is 1. The summed E-state index contributed by atoms with van der Waals surface area (Å²) in [5.74, 6) is 0.852. The largest absolute Gasteiger partial charge is 0.300 e. The van der Waals surface area contributed by atoms with Gasteiger partial charge in [0.25, 0.3) is 0 Å². The third-order valence-corrected chi connectivity index (χ3v) is 6.91. The van der Waals surface area contributed by atoms with Gasteiger partial charge < -0.3 is 0 Å². The predicted molar refractivity (Wildman–Crippen MR) is 99.9 cm³/mol. The molecule has 23 heavy (non-hydrogen) atoms. The van der Waals surface area contributed by atoms with E-state index in [4.69, 9.17) is 0 Å². The number of benzene rings is 1. The van der Waals surface area contributed by atoms with E-state index >= 15 is 0 Å². The SMILES string of the molecule is CCSc1nnc(NC(=O)C(C)Sc2nc3ccccc3s2)s1. The summed E-state index contributed by atoms with van der Waals surface area (Å²) in [4.78, 5) is 16.8. The Labute approximate surface area is 150 Å². The van der Waals surface area contributed by atoms with E-state index in [0.717, 1.165) is 24.6 Å². The van der Waals surface area contributed by atoms with E-state index in [9.17, 15) is 4.79 Å². The van der Waals surface area contributed by atoms with Gasteiger partial charge in [-0.15, -0.1) is 21.5 Å². The lowest BCUT2D eigenvalue weighted by Gasteiger charge is -2.07. The average molecular weight is 383 g/mol. The standard InChI is InChI=1S/C14H14N4OS4/c1-3-20-14-18-17-12(23-14)16-11(19)8(2)21-13-15-9-6-4-5-7-10(9)22-13/h4-8H,3H2,1-2H3,(H,16,17,19). The van der Waals surface area contributed by atoms with Crippen molar-refractivity contribution in [2.24, 2.45) is 0 Å². The predicted octanol–water partition coefficient (Wildman–Crippen LogP) is 4.38. The van der Waals surface area contributed by atoms with E-state index in [1.54, 1.807) is 23.1 Å². The van der Waals surface area contributed by atoms with Gasteiger partial charge in [-0.25, -0.2) is 4.98 Å². The molecule has 3 rings (SSSR count). The highest BCUT2D eigenvalue weighted by Gasteiger charge is 2.18. The van der Waals surface area contributed by atoms with E-state index in [0.29, 0.717) is 5.13 Å². The van der Waals surface area contributed by atoms with E-state index in [1.165, 1.54) is 23.1 Å². The minimum Gasteiger partial charge on any atom is -0.300 e. The number of hydrogen-bond acceptors (Lipinski definition) is 8. The summed E-state index contributed by atoms with van der Waals surface area (Å²) in [6, 6.07) is 7.98. The zero-order chi connectivity index (χ0) is 16.2. The van der Waals surface area contributed by atoms with Crippen LogP contribution in [0.15, 0.2) is 32.9 Å². The van der Waals surface area contributed by atoms with Crippen LogP contribution in [0.5, 0.6) is 0 Å². The average Bonchev–Trinajstić information content (AvgIpc) is 3.13. The number of hydrogen-bond donors (Lipinski definition) is 1. The molecular formula is C14H14N4OS4. The molecule has 0 saturated carbocycles. The molecule has 9 heteroatoms. The van der Waals surface area contributed by atoms with Crippen molar-refractivity contribution >= 4 is 67.5 Å². The summed E-state index contributed by atoms with van der Waals surface area (Å²) >= 11 is 6.08. The molecule has 0 aliphatic carbocycles. The maximum absolute atomic E-state index is 12.3. The van der Waals surface area contributed by atoms with Crippen LogP contribution in [0.2, 0.25) is 0 Å². The Balaban J connectivity index is 1.62. The third kappa shape index (κ3) is 4.23. The van der Waals surface area contributed by atoms with Gasteiger partial charge in [0.15, 0.2) is 8.68 Å². The molecule has 5 nitrogen and oxygen atoms in total. The monoisotopic (exact) mass is 382 g/mol. The minimum absolute atomic E-state index is 0.0848. The van der Waals surface area contributed by atoms with Crippen LogP contribution in [0, 0.1) is 0 Å². The highest BCUT2D eigenvalue weighted by molar-refractivity contribution is 8.02. The lowest BCUT2D eigenvalue weighted by molar-refractivity contribution is -0.115. The van der Waals surface area contributed by atoms with Gasteiger partial charge in [0.1, 0.15) is 0 Å². The van der Waals surface area contributed by atoms with Crippen molar-refractivity contribution in [1.29, 1.82) is 0 Å². The number of amides is 1. The molecule has 0 spiro atoms. The number of fused-ring (bicyclic) bond motifs is 1. The minimum atomic E-state index is -0.248. The van der Waals surface area contributed by atoms with E-state index in [-0.39, 0.29) is 11.2 Å². The zero-order valence-electron chi connectivity index (χ0n) is 12.5. The summed E-state index contributed by atoms with van der Waals surface area (Å²) in [5.41, 5.74) is 0.970. The Morgan fingerprint density at radius 3 is 2.87 bits per heavy atom. The first kappa shape index (κ1) is 16.7. The van der Waals surface area contributed by atoms with E-state index in [1.807, 2.05) is 31.2 Å². The number of carbonyl (C=O) groups is 1. The van der Waals surface area contributed by atoms with Crippen molar-refractivity contribution in [1.82, 2.24) is 15.2 Å². The summed E-state index contributed by atoms with van der Waals surface area (Å²) in [7, 11) is 0. The normalized spacial score (nSPS) is 12.4. The first-order chi connectivity index (χ1) is 11.2. The smallest absolute Gasteiger partial charge is 0.239 e. The highest BCUT2D eigenvalue weighted by atomic mass is 32.2. The van der Waals surface area contributed by atoms with Crippen molar-refractivity contribution in [2.45, 2.75) is 27.8 Å². The van der Waals surface area contributed by atoms with Gasteiger partial charge in [-0.3, -0.25) is 10.1 Å². The van der Waals surface area contributed by atoms with Crippen LogP contribution >= 0.6 is 46.2 Å². The fourth-order valence-corrected chi connectivity index (χ4v) is 5.62. The summed E-state index contributed by atoms with van der Waals surface area (Å²) in [6.07, 6.45) is 0. The Hall–Kier alpha value is -1.16. The molecule has 2 aromatic heterocycles. The molecule has 1 aromatic carbocycles. The van der Waals surface area contributed by atoms with E-state index < -0.39 is 0 Å². The van der Waals surface area contributed by atoms with Crippen molar-refractivity contribution in [3.63, 3.8) is 0 Å². The van der Waals surface area contributed by atoms with Gasteiger partial charge >= 0.3 is 0 Å². The fourth-order valence-electron chi connectivity index (χ4n) is 1.76. The number of para-hydroxylation sites is 1. The third-order valence-electron chi connectivity index (χ3n) is 2.83. The molecule has 3 aromatic rings. The molecule has 0 bridgehead atoms. The van der Waals surface area contributed by atoms with Gasteiger partial charge in [0, 0.05) is 0 Å². The van der Waals surface area contributed by atoms with Gasteiger partial charge in [-0.1, -0.05) is 53.9 Å². The Morgan fingerprint density at radius 2 is 2.09 bits per heavy atom. The molecule has 0 aliphatic rings. The van der Waals surface area contributed by atoms with Gasteiger partial charge in [0.05, 0.1) is 15.5 Å². The summed E-state index contributed by atoms with van der Waals surface area (Å²) in [6.45, 7) is 3.93. The maximum Gasteiger partial charge on any atom is 0.239 e. The number of nitrogens with zero attached hydrogens (tertiary/aromatic N) is 3. The van der Waals surface area contributed by atoms with E-state index in [2.05, 4.69) is 27.4 Å². The number of carbonyl (C=O) groups excluding carboxylic acids is 1. The molecule has 1 N–H and O–H groups in total. The fraction of sp³-hybridized carbons (Fsp3) is 0.286. The lowest BCUT2D eigenvalue weighted by Crippen LogP contribution is -2.22.